The van der Waals surface area contributed by atoms with Gasteiger partial charge in [-0.1, -0.05) is 29.8 Å². The molecule has 17 heavy (non-hydrogen) atoms. The van der Waals surface area contributed by atoms with Crippen LogP contribution in [0.1, 0.15) is 11.1 Å². The standard InChI is InChI=1S/C14H12ClOP/c1-8-3-6-12-11(7-8)16-10-5-4-9(2)13(15)14(10)17-12/h3-7,17H,1-2H3. The first-order valence-electron chi connectivity index (χ1n) is 5.50. The van der Waals surface area contributed by atoms with Gasteiger partial charge in [-0.3, -0.25) is 0 Å². The molecular weight excluding hydrogens is 251 g/mol. The fourth-order valence-electron chi connectivity index (χ4n) is 1.93. The zero-order chi connectivity index (χ0) is 12.0. The molecule has 0 fully saturated rings. The largest absolute Gasteiger partial charge is 0.456 e. The maximum Gasteiger partial charge on any atom is 0.136 e. The first-order valence-corrected chi connectivity index (χ1v) is 6.87. The van der Waals surface area contributed by atoms with Crippen molar-refractivity contribution in [1.82, 2.24) is 0 Å². The van der Waals surface area contributed by atoms with E-state index in [1.807, 2.05) is 19.1 Å². The van der Waals surface area contributed by atoms with Crippen LogP contribution in [0.25, 0.3) is 0 Å². The topological polar surface area (TPSA) is 9.23 Å². The molecule has 1 unspecified atom stereocenters. The summed E-state index contributed by atoms with van der Waals surface area (Å²) < 4.78 is 5.92. The Hall–Kier alpha value is -1.04. The fourth-order valence-corrected chi connectivity index (χ4v) is 3.48. The third-order valence-electron chi connectivity index (χ3n) is 2.91. The average Bonchev–Trinajstić information content (AvgIpc) is 2.32. The van der Waals surface area contributed by atoms with Crippen LogP contribution in [0.5, 0.6) is 11.5 Å². The lowest BCUT2D eigenvalue weighted by atomic mass is 10.2. The Bertz CT molecular complexity index is 607. The van der Waals surface area contributed by atoms with Gasteiger partial charge in [0, 0.05) is 10.6 Å². The highest BCUT2D eigenvalue weighted by Gasteiger charge is 2.20. The van der Waals surface area contributed by atoms with E-state index in [-0.39, 0.29) is 0 Å². The predicted octanol–water partition coefficient (Wildman–Crippen LogP) is 3.69. The van der Waals surface area contributed by atoms with Crippen molar-refractivity contribution in [2.45, 2.75) is 13.8 Å². The molecule has 0 aromatic heterocycles. The van der Waals surface area contributed by atoms with E-state index in [9.17, 15) is 0 Å². The first kappa shape index (κ1) is 11.1. The molecule has 86 valence electrons. The van der Waals surface area contributed by atoms with Gasteiger partial charge in [-0.05, 0) is 45.7 Å². The molecule has 0 aliphatic carbocycles. The zero-order valence-electron chi connectivity index (χ0n) is 9.67. The number of rotatable bonds is 0. The Morgan fingerprint density at radius 3 is 2.71 bits per heavy atom. The molecule has 2 aromatic rings. The van der Waals surface area contributed by atoms with Gasteiger partial charge in [0.2, 0.25) is 0 Å². The Morgan fingerprint density at radius 1 is 1.06 bits per heavy atom. The maximum absolute atomic E-state index is 6.34. The van der Waals surface area contributed by atoms with Gasteiger partial charge in [0.05, 0.1) is 5.02 Å². The average molecular weight is 263 g/mol. The van der Waals surface area contributed by atoms with Gasteiger partial charge in [-0.15, -0.1) is 0 Å². The van der Waals surface area contributed by atoms with E-state index < -0.39 is 0 Å². The van der Waals surface area contributed by atoms with Gasteiger partial charge < -0.3 is 4.74 Å². The highest BCUT2D eigenvalue weighted by Crippen LogP contribution is 2.37. The van der Waals surface area contributed by atoms with Gasteiger partial charge in [-0.2, -0.15) is 0 Å². The minimum atomic E-state index is 0.579. The van der Waals surface area contributed by atoms with E-state index in [1.54, 1.807) is 0 Å². The van der Waals surface area contributed by atoms with Crippen molar-refractivity contribution >= 4 is 30.8 Å². The van der Waals surface area contributed by atoms with Crippen LogP contribution in [0.15, 0.2) is 30.3 Å². The van der Waals surface area contributed by atoms with Crippen LogP contribution in [0, 0.1) is 13.8 Å². The van der Waals surface area contributed by atoms with Crippen molar-refractivity contribution in [3.8, 4) is 11.5 Å². The summed E-state index contributed by atoms with van der Waals surface area (Å²) in [5.41, 5.74) is 2.33. The molecule has 3 heteroatoms. The van der Waals surface area contributed by atoms with E-state index >= 15 is 0 Å². The second-order valence-corrected chi connectivity index (χ2v) is 5.96. The third-order valence-corrected chi connectivity index (χ3v) is 4.99. The molecule has 3 rings (SSSR count). The van der Waals surface area contributed by atoms with Crippen LogP contribution in [0.3, 0.4) is 0 Å². The molecule has 2 aromatic carbocycles. The van der Waals surface area contributed by atoms with Crippen molar-refractivity contribution in [3.63, 3.8) is 0 Å². The summed E-state index contributed by atoms with van der Waals surface area (Å²) in [7, 11) is 0.579. The summed E-state index contributed by atoms with van der Waals surface area (Å²) >= 11 is 6.34. The minimum absolute atomic E-state index is 0.579. The smallest absolute Gasteiger partial charge is 0.136 e. The van der Waals surface area contributed by atoms with Crippen molar-refractivity contribution in [2.24, 2.45) is 0 Å². The lowest BCUT2D eigenvalue weighted by Crippen LogP contribution is -2.16. The molecular formula is C14H12ClOP. The van der Waals surface area contributed by atoms with E-state index in [1.165, 1.54) is 10.9 Å². The summed E-state index contributed by atoms with van der Waals surface area (Å²) in [6, 6.07) is 10.3. The molecule has 1 aliphatic heterocycles. The monoisotopic (exact) mass is 262 g/mol. The minimum Gasteiger partial charge on any atom is -0.456 e. The molecule has 1 nitrogen and oxygen atoms in total. The van der Waals surface area contributed by atoms with E-state index in [4.69, 9.17) is 16.3 Å². The summed E-state index contributed by atoms with van der Waals surface area (Å²) in [5, 5.41) is 3.20. The van der Waals surface area contributed by atoms with Crippen LogP contribution < -0.4 is 15.3 Å². The third kappa shape index (κ3) is 1.84. The molecule has 1 atom stereocenters. The zero-order valence-corrected chi connectivity index (χ0v) is 11.4. The maximum atomic E-state index is 6.34. The molecule has 1 aliphatic rings. The molecule has 0 saturated carbocycles. The summed E-state index contributed by atoms with van der Waals surface area (Å²) in [6.45, 7) is 4.10. The van der Waals surface area contributed by atoms with E-state index in [2.05, 4.69) is 25.1 Å². The highest BCUT2D eigenvalue weighted by atomic mass is 35.5. The fraction of sp³-hybridized carbons (Fsp3) is 0.143. The van der Waals surface area contributed by atoms with E-state index in [0.717, 1.165) is 27.4 Å². The summed E-state index contributed by atoms with van der Waals surface area (Å²) in [4.78, 5) is 0. The molecule has 0 spiro atoms. The number of halogens is 1. The number of fused-ring (bicyclic) bond motifs is 2. The Morgan fingerprint density at radius 2 is 1.88 bits per heavy atom. The number of benzene rings is 2. The Labute approximate surface area is 108 Å². The SMILES string of the molecule is Cc1ccc2c(c1)Oc1ccc(C)c(Cl)c1P2. The van der Waals surface area contributed by atoms with Crippen LogP contribution in [0.2, 0.25) is 5.02 Å². The normalized spacial score (nSPS) is 14.1. The van der Waals surface area contributed by atoms with Crippen LogP contribution in [-0.2, 0) is 0 Å². The summed E-state index contributed by atoms with van der Waals surface area (Å²) in [6.07, 6.45) is 0. The van der Waals surface area contributed by atoms with Gasteiger partial charge in [-0.25, -0.2) is 0 Å². The second-order valence-electron chi connectivity index (χ2n) is 4.30. The molecule has 0 N–H and O–H groups in total. The van der Waals surface area contributed by atoms with Gasteiger partial charge >= 0.3 is 0 Å². The van der Waals surface area contributed by atoms with Crippen molar-refractivity contribution in [2.75, 3.05) is 0 Å². The lowest BCUT2D eigenvalue weighted by molar-refractivity contribution is 0.488. The molecule has 0 bridgehead atoms. The first-order chi connectivity index (χ1) is 8.15. The molecule has 0 radical (unpaired) electrons. The predicted molar refractivity (Wildman–Crippen MR) is 75.0 cm³/mol. The molecule has 1 heterocycles. The van der Waals surface area contributed by atoms with Crippen LogP contribution in [0.4, 0.5) is 0 Å². The van der Waals surface area contributed by atoms with Crippen LogP contribution >= 0.6 is 20.2 Å². The Kier molecular flexibility index (Phi) is 2.61. The van der Waals surface area contributed by atoms with Crippen molar-refractivity contribution < 1.29 is 4.74 Å². The molecule has 0 amide bonds. The summed E-state index contributed by atoms with van der Waals surface area (Å²) in [5.74, 6) is 1.87. The quantitative estimate of drug-likeness (QED) is 0.562. The van der Waals surface area contributed by atoms with Gasteiger partial charge in [0.25, 0.3) is 0 Å². The Balaban J connectivity index is 2.14. The second kappa shape index (κ2) is 4.01. The number of hydrogen-bond donors (Lipinski definition) is 0. The number of aryl methyl sites for hydroxylation is 2. The molecule has 0 saturated heterocycles. The number of hydrogen-bond acceptors (Lipinski definition) is 1. The van der Waals surface area contributed by atoms with Gasteiger partial charge in [0.1, 0.15) is 11.5 Å². The van der Waals surface area contributed by atoms with Gasteiger partial charge in [0.15, 0.2) is 0 Å². The van der Waals surface area contributed by atoms with Crippen molar-refractivity contribution in [1.29, 1.82) is 0 Å². The van der Waals surface area contributed by atoms with Crippen LogP contribution in [-0.4, -0.2) is 0 Å². The van der Waals surface area contributed by atoms with E-state index in [0.29, 0.717) is 8.58 Å². The number of ether oxygens (including phenoxy) is 1. The lowest BCUT2D eigenvalue weighted by Gasteiger charge is -2.22. The van der Waals surface area contributed by atoms with Crippen molar-refractivity contribution in [3.05, 3.63) is 46.5 Å². The highest BCUT2D eigenvalue weighted by molar-refractivity contribution is 7.56.